The first-order chi connectivity index (χ1) is 6.91. The van der Waals surface area contributed by atoms with Crippen molar-refractivity contribution in [2.24, 2.45) is 5.92 Å². The van der Waals surface area contributed by atoms with Gasteiger partial charge in [0, 0.05) is 23.8 Å². The van der Waals surface area contributed by atoms with E-state index in [0.717, 1.165) is 0 Å². The molecule has 0 radical (unpaired) electrons. The van der Waals surface area contributed by atoms with Crippen LogP contribution in [0.15, 0.2) is 11.1 Å². The fourth-order valence-corrected chi connectivity index (χ4v) is 1.55. The van der Waals surface area contributed by atoms with Gasteiger partial charge in [-0.15, -0.1) is 0 Å². The van der Waals surface area contributed by atoms with E-state index in [1.54, 1.807) is 20.8 Å². The van der Waals surface area contributed by atoms with Crippen molar-refractivity contribution >= 4 is 11.8 Å². The number of imide groups is 1. The Kier molecular flexibility index (Phi) is 3.29. The maximum Gasteiger partial charge on any atom is 0.257 e. The van der Waals surface area contributed by atoms with Crippen LogP contribution in [-0.4, -0.2) is 34.5 Å². The topological polar surface area (TPSA) is 57.6 Å². The highest BCUT2D eigenvalue weighted by molar-refractivity contribution is 6.18. The predicted octanol–water partition coefficient (Wildman–Crippen LogP) is 0.708. The first kappa shape index (κ1) is 11.9. The lowest BCUT2D eigenvalue weighted by Crippen LogP contribution is -2.43. The zero-order valence-electron chi connectivity index (χ0n) is 9.57. The average molecular weight is 211 g/mol. The summed E-state index contributed by atoms with van der Waals surface area (Å²) < 4.78 is 0. The molecule has 1 rings (SSSR count). The summed E-state index contributed by atoms with van der Waals surface area (Å²) in [5.41, 5.74) is 1.02. The molecule has 84 valence electrons. The summed E-state index contributed by atoms with van der Waals surface area (Å²) in [6, 6.07) is -0.262. The first-order valence-corrected chi connectivity index (χ1v) is 5.08. The molecule has 1 aliphatic rings. The number of aliphatic hydroxyl groups excluding tert-OH is 1. The van der Waals surface area contributed by atoms with Crippen LogP contribution in [0.3, 0.4) is 0 Å². The Morgan fingerprint density at radius 2 is 1.53 bits per heavy atom. The molecule has 0 bridgehead atoms. The molecule has 0 saturated heterocycles. The van der Waals surface area contributed by atoms with Gasteiger partial charge >= 0.3 is 0 Å². The minimum atomic E-state index is -0.262. The third kappa shape index (κ3) is 1.81. The molecule has 0 aromatic rings. The maximum absolute atomic E-state index is 11.8. The lowest BCUT2D eigenvalue weighted by Gasteiger charge is -2.27. The Bertz CT molecular complexity index is 309. The number of carbonyl (C=O) groups is 2. The summed E-state index contributed by atoms with van der Waals surface area (Å²) in [5.74, 6) is -0.563. The number of hydrogen-bond acceptors (Lipinski definition) is 3. The lowest BCUT2D eigenvalue weighted by molar-refractivity contribution is -0.141. The summed E-state index contributed by atoms with van der Waals surface area (Å²) >= 11 is 0. The molecule has 1 heterocycles. The summed E-state index contributed by atoms with van der Waals surface area (Å²) in [5, 5.41) is 9.01. The zero-order chi connectivity index (χ0) is 11.7. The second-order valence-corrected chi connectivity index (χ2v) is 4.13. The van der Waals surface area contributed by atoms with Crippen LogP contribution in [0.2, 0.25) is 0 Å². The Morgan fingerprint density at radius 3 is 1.87 bits per heavy atom. The molecule has 0 spiro atoms. The maximum atomic E-state index is 11.8. The SMILES string of the molecule is CC1=C(C)C(=O)N(C(C)C(C)CO)C1=O. The largest absolute Gasteiger partial charge is 0.396 e. The van der Waals surface area contributed by atoms with E-state index in [4.69, 9.17) is 5.11 Å². The van der Waals surface area contributed by atoms with Gasteiger partial charge in [0.1, 0.15) is 0 Å². The minimum absolute atomic E-state index is 0.0314. The molecule has 0 aliphatic carbocycles. The van der Waals surface area contributed by atoms with E-state index in [-0.39, 0.29) is 30.4 Å². The van der Waals surface area contributed by atoms with Gasteiger partial charge in [-0.3, -0.25) is 14.5 Å². The van der Waals surface area contributed by atoms with E-state index in [9.17, 15) is 9.59 Å². The average Bonchev–Trinajstić information content (AvgIpc) is 2.41. The fourth-order valence-electron chi connectivity index (χ4n) is 1.55. The van der Waals surface area contributed by atoms with Crippen LogP contribution in [0.1, 0.15) is 27.7 Å². The van der Waals surface area contributed by atoms with Gasteiger partial charge < -0.3 is 5.11 Å². The molecule has 2 amide bonds. The molecular formula is C11H17NO3. The Morgan fingerprint density at radius 1 is 1.13 bits per heavy atom. The number of aliphatic hydroxyl groups is 1. The van der Waals surface area contributed by atoms with Crippen molar-refractivity contribution in [1.82, 2.24) is 4.90 Å². The molecule has 4 nitrogen and oxygen atoms in total. The van der Waals surface area contributed by atoms with Crippen LogP contribution in [0.25, 0.3) is 0 Å². The summed E-state index contributed by atoms with van der Waals surface area (Å²) in [6.45, 7) is 6.88. The molecular weight excluding hydrogens is 194 g/mol. The molecule has 1 N–H and O–H groups in total. The van der Waals surface area contributed by atoms with E-state index in [0.29, 0.717) is 11.1 Å². The van der Waals surface area contributed by atoms with Gasteiger partial charge in [0.25, 0.3) is 11.8 Å². The van der Waals surface area contributed by atoms with Gasteiger partial charge in [-0.25, -0.2) is 0 Å². The molecule has 0 aromatic carbocycles. The van der Waals surface area contributed by atoms with Gasteiger partial charge in [-0.2, -0.15) is 0 Å². The number of carbonyl (C=O) groups excluding carboxylic acids is 2. The highest BCUT2D eigenvalue weighted by Crippen LogP contribution is 2.24. The highest BCUT2D eigenvalue weighted by atomic mass is 16.3. The predicted molar refractivity (Wildman–Crippen MR) is 55.9 cm³/mol. The molecule has 2 unspecified atom stereocenters. The van der Waals surface area contributed by atoms with Gasteiger partial charge in [0.15, 0.2) is 0 Å². The third-order valence-corrected chi connectivity index (χ3v) is 3.16. The van der Waals surface area contributed by atoms with Crippen molar-refractivity contribution < 1.29 is 14.7 Å². The van der Waals surface area contributed by atoms with Crippen LogP contribution >= 0.6 is 0 Å². The molecule has 0 fully saturated rings. The van der Waals surface area contributed by atoms with Crippen molar-refractivity contribution in [3.63, 3.8) is 0 Å². The van der Waals surface area contributed by atoms with E-state index in [2.05, 4.69) is 0 Å². The number of nitrogens with zero attached hydrogens (tertiary/aromatic N) is 1. The third-order valence-electron chi connectivity index (χ3n) is 3.16. The zero-order valence-corrected chi connectivity index (χ0v) is 9.57. The summed E-state index contributed by atoms with van der Waals surface area (Å²) in [7, 11) is 0. The molecule has 2 atom stereocenters. The summed E-state index contributed by atoms with van der Waals surface area (Å²) in [4.78, 5) is 24.7. The van der Waals surface area contributed by atoms with E-state index < -0.39 is 0 Å². The number of hydrogen-bond donors (Lipinski definition) is 1. The standard InChI is InChI=1S/C11H17NO3/c1-6(5-13)9(4)12-10(14)7(2)8(3)11(12)15/h6,9,13H,5H2,1-4H3. The number of rotatable bonds is 3. The van der Waals surface area contributed by atoms with Crippen molar-refractivity contribution in [2.75, 3.05) is 6.61 Å². The van der Waals surface area contributed by atoms with Crippen LogP contribution in [0, 0.1) is 5.92 Å². The molecule has 15 heavy (non-hydrogen) atoms. The molecule has 0 aromatic heterocycles. The van der Waals surface area contributed by atoms with E-state index >= 15 is 0 Å². The highest BCUT2D eigenvalue weighted by Gasteiger charge is 2.37. The second-order valence-electron chi connectivity index (χ2n) is 4.13. The lowest BCUT2D eigenvalue weighted by atomic mass is 10.0. The van der Waals surface area contributed by atoms with E-state index in [1.807, 2.05) is 6.92 Å². The molecule has 0 saturated carbocycles. The monoisotopic (exact) mass is 211 g/mol. The minimum Gasteiger partial charge on any atom is -0.396 e. The van der Waals surface area contributed by atoms with Gasteiger partial charge in [0.05, 0.1) is 0 Å². The van der Waals surface area contributed by atoms with Crippen LogP contribution in [0.5, 0.6) is 0 Å². The number of amides is 2. The van der Waals surface area contributed by atoms with Gasteiger partial charge in [0.2, 0.25) is 0 Å². The normalized spacial score (nSPS) is 21.3. The van der Waals surface area contributed by atoms with Crippen molar-refractivity contribution in [2.45, 2.75) is 33.7 Å². The van der Waals surface area contributed by atoms with Crippen molar-refractivity contribution in [3.05, 3.63) is 11.1 Å². The van der Waals surface area contributed by atoms with Gasteiger partial charge in [-0.1, -0.05) is 6.92 Å². The Labute approximate surface area is 89.6 Å². The molecule has 4 heteroatoms. The quantitative estimate of drug-likeness (QED) is 0.699. The second kappa shape index (κ2) is 4.14. The Balaban J connectivity index is 2.93. The smallest absolute Gasteiger partial charge is 0.257 e. The van der Waals surface area contributed by atoms with Gasteiger partial charge in [-0.05, 0) is 26.7 Å². The van der Waals surface area contributed by atoms with Crippen LogP contribution in [-0.2, 0) is 9.59 Å². The van der Waals surface area contributed by atoms with Crippen LogP contribution in [0.4, 0.5) is 0 Å². The Hall–Kier alpha value is -1.16. The fraction of sp³-hybridized carbons (Fsp3) is 0.636. The first-order valence-electron chi connectivity index (χ1n) is 5.08. The van der Waals surface area contributed by atoms with E-state index in [1.165, 1.54) is 4.90 Å². The van der Waals surface area contributed by atoms with Crippen LogP contribution < -0.4 is 0 Å². The summed E-state index contributed by atoms with van der Waals surface area (Å²) in [6.07, 6.45) is 0. The van der Waals surface area contributed by atoms with Crippen molar-refractivity contribution in [1.29, 1.82) is 0 Å². The van der Waals surface area contributed by atoms with Crippen molar-refractivity contribution in [3.8, 4) is 0 Å². The molecule has 1 aliphatic heterocycles.